The summed E-state index contributed by atoms with van der Waals surface area (Å²) in [5.41, 5.74) is 12.0. The molecule has 0 bridgehead atoms. The zero-order valence-electron chi connectivity index (χ0n) is 30.5. The fraction of sp³-hybridized carbons (Fsp3) is 0. The van der Waals surface area contributed by atoms with Crippen molar-refractivity contribution in [3.63, 3.8) is 0 Å². The summed E-state index contributed by atoms with van der Waals surface area (Å²) in [6, 6.07) is 62.9. The van der Waals surface area contributed by atoms with Gasteiger partial charge in [-0.05, 0) is 82.1 Å². The number of hydrogen-bond acceptors (Lipinski definition) is 4. The molecule has 5 heterocycles. The van der Waals surface area contributed by atoms with E-state index in [0.717, 1.165) is 43.8 Å². The fourth-order valence-corrected chi connectivity index (χ4v) is 9.78. The number of pyridine rings is 1. The van der Waals surface area contributed by atoms with Gasteiger partial charge in [0, 0.05) is 50.1 Å². The van der Waals surface area contributed by atoms with Crippen LogP contribution in [0.3, 0.4) is 0 Å². The van der Waals surface area contributed by atoms with Crippen LogP contribution in [0.4, 0.5) is 0 Å². The van der Waals surface area contributed by atoms with E-state index in [-0.39, 0.29) is 0 Å². The van der Waals surface area contributed by atoms with Crippen molar-refractivity contribution >= 4 is 75.9 Å². The number of thiophene rings is 1. The molecule has 0 atom stereocenters. The van der Waals surface area contributed by atoms with E-state index >= 15 is 0 Å². The van der Waals surface area contributed by atoms with Crippen molar-refractivity contribution in [1.29, 1.82) is 0 Å². The molecule has 0 aliphatic carbocycles. The molecule has 0 amide bonds. The van der Waals surface area contributed by atoms with Gasteiger partial charge in [0.05, 0.1) is 38.0 Å². The normalized spacial score (nSPS) is 11.9. The highest BCUT2D eigenvalue weighted by Crippen LogP contribution is 2.42. The van der Waals surface area contributed by atoms with Crippen LogP contribution in [0.1, 0.15) is 0 Å². The summed E-state index contributed by atoms with van der Waals surface area (Å²) in [6.07, 6.45) is 3.71. The number of benzene rings is 7. The molecule has 5 aromatic heterocycles. The minimum Gasteiger partial charge on any atom is -0.309 e. The predicted octanol–water partition coefficient (Wildman–Crippen LogP) is 13.4. The summed E-state index contributed by atoms with van der Waals surface area (Å²) < 4.78 is 5.67. The number of para-hydroxylation sites is 1. The van der Waals surface area contributed by atoms with E-state index in [1.165, 1.54) is 59.4 Å². The summed E-state index contributed by atoms with van der Waals surface area (Å²) in [7, 11) is 0. The van der Waals surface area contributed by atoms with Gasteiger partial charge in [-0.25, -0.2) is 9.97 Å². The Hall–Kier alpha value is -7.41. The maximum absolute atomic E-state index is 5.43. The number of rotatable bonds is 5. The molecule has 0 aliphatic rings. The van der Waals surface area contributed by atoms with Gasteiger partial charge in [-0.15, -0.1) is 11.3 Å². The molecule has 57 heavy (non-hydrogen) atoms. The monoisotopic (exact) mass is 745 g/mol. The summed E-state index contributed by atoms with van der Waals surface area (Å²) in [6.45, 7) is 0. The Morgan fingerprint density at radius 1 is 0.421 bits per heavy atom. The van der Waals surface area contributed by atoms with Gasteiger partial charge < -0.3 is 4.57 Å². The molecule has 12 rings (SSSR count). The lowest BCUT2D eigenvalue weighted by Gasteiger charge is -2.10. The average molecular weight is 746 g/mol. The first kappa shape index (κ1) is 31.9. The lowest BCUT2D eigenvalue weighted by atomic mass is 9.99. The van der Waals surface area contributed by atoms with Crippen molar-refractivity contribution in [1.82, 2.24) is 24.1 Å². The van der Waals surface area contributed by atoms with E-state index in [2.05, 4.69) is 190 Å². The first-order valence-corrected chi connectivity index (χ1v) is 19.9. The fourth-order valence-electron chi connectivity index (χ4n) is 8.66. The van der Waals surface area contributed by atoms with Gasteiger partial charge in [0.15, 0.2) is 0 Å². The maximum atomic E-state index is 5.43. The second-order valence-electron chi connectivity index (χ2n) is 14.5. The minimum absolute atomic E-state index is 0.659. The number of nitrogens with zero attached hydrogens (tertiary/aromatic N) is 5. The van der Waals surface area contributed by atoms with Crippen LogP contribution in [-0.2, 0) is 0 Å². The van der Waals surface area contributed by atoms with Gasteiger partial charge >= 0.3 is 0 Å². The van der Waals surface area contributed by atoms with Crippen LogP contribution < -0.4 is 0 Å². The zero-order chi connectivity index (χ0) is 37.5. The number of fused-ring (bicyclic) bond motifs is 9. The molecule has 0 fully saturated rings. The Balaban J connectivity index is 1.11. The van der Waals surface area contributed by atoms with Crippen molar-refractivity contribution in [3.05, 3.63) is 188 Å². The van der Waals surface area contributed by atoms with Crippen molar-refractivity contribution in [2.75, 3.05) is 0 Å². The SMILES string of the molecule is c1ccc(-c2cc3nc(-n4c5ccc(-c6ccc7c(c6)c6ccccc6n7-c6ccncc6)cc5c5c6ccccc6ccc54)nc(-c4ccccc4)c3s2)cc1. The molecular formula is C51H31N5S. The van der Waals surface area contributed by atoms with Gasteiger partial charge in [0.2, 0.25) is 5.95 Å². The molecule has 0 N–H and O–H groups in total. The van der Waals surface area contributed by atoms with Crippen LogP contribution in [0, 0.1) is 0 Å². The lowest BCUT2D eigenvalue weighted by molar-refractivity contribution is 1.02. The third-order valence-electron chi connectivity index (χ3n) is 11.2. The van der Waals surface area contributed by atoms with E-state index in [4.69, 9.17) is 9.97 Å². The first-order chi connectivity index (χ1) is 28.3. The van der Waals surface area contributed by atoms with Crippen molar-refractivity contribution in [2.45, 2.75) is 0 Å². The molecule has 6 heteroatoms. The molecule has 266 valence electrons. The van der Waals surface area contributed by atoms with Crippen molar-refractivity contribution in [3.8, 4) is 44.5 Å². The zero-order valence-corrected chi connectivity index (χ0v) is 31.4. The summed E-state index contributed by atoms with van der Waals surface area (Å²) in [4.78, 5) is 16.2. The Morgan fingerprint density at radius 2 is 1.05 bits per heavy atom. The quantitative estimate of drug-likeness (QED) is 0.176. The minimum atomic E-state index is 0.659. The third kappa shape index (κ3) is 4.98. The molecular weight excluding hydrogens is 715 g/mol. The van der Waals surface area contributed by atoms with Crippen LogP contribution in [0.2, 0.25) is 0 Å². The standard InChI is InChI=1S/C51H31N5S/c1-3-12-33(13-4-1)47-31-42-50(57-47)49(34-14-5-2-6-15-34)54-51(53-42)56-45-23-21-36(30-41(45)48-38-16-8-7-11-32(38)19-24-46(48)56)35-20-22-44-40(29-35)39-17-9-10-18-43(39)55(44)37-25-27-52-28-26-37/h1-31H. The Kier molecular flexibility index (Phi) is 7.03. The van der Waals surface area contributed by atoms with E-state index in [0.29, 0.717) is 5.95 Å². The second kappa shape index (κ2) is 12.6. The predicted molar refractivity (Wildman–Crippen MR) is 238 cm³/mol. The van der Waals surface area contributed by atoms with Crippen molar-refractivity contribution < 1.29 is 0 Å². The molecule has 0 unspecified atom stereocenters. The highest BCUT2D eigenvalue weighted by Gasteiger charge is 2.21. The van der Waals surface area contributed by atoms with Gasteiger partial charge in [0.1, 0.15) is 0 Å². The number of aromatic nitrogens is 5. The van der Waals surface area contributed by atoms with E-state index in [1.807, 2.05) is 12.4 Å². The Bertz CT molecular complexity index is 3510. The molecule has 0 aliphatic heterocycles. The van der Waals surface area contributed by atoms with Gasteiger partial charge in [-0.1, -0.05) is 121 Å². The Labute approximate surface area is 331 Å². The largest absolute Gasteiger partial charge is 0.309 e. The summed E-state index contributed by atoms with van der Waals surface area (Å²) >= 11 is 1.75. The lowest BCUT2D eigenvalue weighted by Crippen LogP contribution is -2.02. The highest BCUT2D eigenvalue weighted by molar-refractivity contribution is 7.22. The van der Waals surface area contributed by atoms with Crippen molar-refractivity contribution in [2.24, 2.45) is 0 Å². The van der Waals surface area contributed by atoms with Gasteiger partial charge in [0.25, 0.3) is 0 Å². The van der Waals surface area contributed by atoms with Gasteiger partial charge in [-0.2, -0.15) is 0 Å². The summed E-state index contributed by atoms with van der Waals surface area (Å²) in [5.74, 6) is 0.659. The molecule has 7 aromatic carbocycles. The molecule has 12 aromatic rings. The number of hydrogen-bond donors (Lipinski definition) is 0. The topological polar surface area (TPSA) is 48.5 Å². The average Bonchev–Trinajstić information content (AvgIpc) is 3.97. The van der Waals surface area contributed by atoms with Gasteiger partial charge in [-0.3, -0.25) is 9.55 Å². The van der Waals surface area contributed by atoms with E-state index in [9.17, 15) is 0 Å². The highest BCUT2D eigenvalue weighted by atomic mass is 32.1. The Morgan fingerprint density at radius 3 is 1.84 bits per heavy atom. The van der Waals surface area contributed by atoms with Crippen LogP contribution in [0.5, 0.6) is 0 Å². The second-order valence-corrected chi connectivity index (χ2v) is 15.5. The van der Waals surface area contributed by atoms with Crippen LogP contribution >= 0.6 is 11.3 Å². The molecule has 0 saturated heterocycles. The first-order valence-electron chi connectivity index (χ1n) is 19.1. The molecule has 5 nitrogen and oxygen atoms in total. The molecule has 0 radical (unpaired) electrons. The molecule has 0 saturated carbocycles. The molecule has 0 spiro atoms. The smallest absolute Gasteiger partial charge is 0.235 e. The maximum Gasteiger partial charge on any atom is 0.235 e. The summed E-state index contributed by atoms with van der Waals surface area (Å²) in [5, 5.41) is 7.21. The van der Waals surface area contributed by atoms with E-state index < -0.39 is 0 Å². The van der Waals surface area contributed by atoms with Crippen LogP contribution in [-0.4, -0.2) is 24.1 Å². The van der Waals surface area contributed by atoms with E-state index in [1.54, 1.807) is 11.3 Å². The third-order valence-corrected chi connectivity index (χ3v) is 12.4. The van der Waals surface area contributed by atoms with Crippen LogP contribution in [0.25, 0.3) is 109 Å². The van der Waals surface area contributed by atoms with Crippen LogP contribution in [0.15, 0.2) is 188 Å².